The van der Waals surface area contributed by atoms with Crippen LogP contribution in [0.5, 0.6) is 0 Å². The molecule has 108 valence electrons. The van der Waals surface area contributed by atoms with Crippen molar-refractivity contribution in [1.82, 2.24) is 0 Å². The van der Waals surface area contributed by atoms with Gasteiger partial charge in [0.15, 0.2) is 0 Å². The number of hydrogen-bond acceptors (Lipinski definition) is 3. The number of anilines is 1. The summed E-state index contributed by atoms with van der Waals surface area (Å²) in [5.74, 6) is 5.72. The number of hydrogen-bond donors (Lipinski definition) is 2. The molecule has 0 radical (unpaired) electrons. The molecule has 4 heteroatoms. The third kappa shape index (κ3) is 4.19. The van der Waals surface area contributed by atoms with Crippen molar-refractivity contribution >= 4 is 22.9 Å². The predicted octanol–water partition coefficient (Wildman–Crippen LogP) is 3.30. The number of aryl methyl sites for hydroxylation is 1. The Morgan fingerprint density at radius 2 is 2.10 bits per heavy atom. The lowest BCUT2D eigenvalue weighted by Crippen LogP contribution is -2.11. The first kappa shape index (κ1) is 15.3. The molecule has 0 fully saturated rings. The Morgan fingerprint density at radius 3 is 2.81 bits per heavy atom. The van der Waals surface area contributed by atoms with Crippen molar-refractivity contribution in [2.24, 2.45) is 0 Å². The minimum Gasteiger partial charge on any atom is -0.395 e. The van der Waals surface area contributed by atoms with Crippen LogP contribution in [0.4, 0.5) is 5.69 Å². The van der Waals surface area contributed by atoms with E-state index in [1.807, 2.05) is 36.4 Å². The van der Waals surface area contributed by atoms with Gasteiger partial charge in [-0.05, 0) is 30.7 Å². The third-order valence-corrected chi connectivity index (χ3v) is 4.10. The monoisotopic (exact) mass is 299 g/mol. The maximum absolute atomic E-state index is 12.2. The molecular formula is C17H17NO2S. The summed E-state index contributed by atoms with van der Waals surface area (Å²) < 4.78 is 0. The molecule has 2 N–H and O–H groups in total. The fraction of sp³-hybridized carbons (Fsp3) is 0.235. The summed E-state index contributed by atoms with van der Waals surface area (Å²) in [4.78, 5) is 14.1. The smallest absolute Gasteiger partial charge is 0.265 e. The normalized spacial score (nSPS) is 9.81. The van der Waals surface area contributed by atoms with Crippen molar-refractivity contribution in [2.45, 2.75) is 19.8 Å². The molecule has 0 atom stereocenters. The molecule has 1 aromatic heterocycles. The topological polar surface area (TPSA) is 49.3 Å². The van der Waals surface area contributed by atoms with Crippen LogP contribution in [0.25, 0.3) is 0 Å². The standard InChI is InChI=1S/C17H17NO2S/c1-2-14-10-11-16(21-14)17(20)18-15-9-4-3-7-13(15)8-5-6-12-19/h3-4,7,9-11,19H,2,6,12H2,1H3,(H,18,20). The minimum absolute atomic E-state index is 0.0382. The van der Waals surface area contributed by atoms with Gasteiger partial charge >= 0.3 is 0 Å². The van der Waals surface area contributed by atoms with Crippen molar-refractivity contribution in [3.05, 3.63) is 51.7 Å². The number of carbonyl (C=O) groups excluding carboxylic acids is 1. The van der Waals surface area contributed by atoms with Gasteiger partial charge < -0.3 is 10.4 Å². The van der Waals surface area contributed by atoms with E-state index in [-0.39, 0.29) is 12.5 Å². The largest absolute Gasteiger partial charge is 0.395 e. The van der Waals surface area contributed by atoms with Gasteiger partial charge in [-0.1, -0.05) is 30.9 Å². The van der Waals surface area contributed by atoms with Gasteiger partial charge in [-0.25, -0.2) is 0 Å². The zero-order chi connectivity index (χ0) is 15.1. The molecule has 0 aliphatic rings. The van der Waals surface area contributed by atoms with Gasteiger partial charge in [0.1, 0.15) is 0 Å². The SMILES string of the molecule is CCc1ccc(C(=O)Nc2ccccc2C#CCCO)s1. The van der Waals surface area contributed by atoms with Gasteiger partial charge in [-0.15, -0.1) is 11.3 Å². The molecule has 3 nitrogen and oxygen atoms in total. The first-order valence-corrected chi connectivity index (χ1v) is 7.65. The lowest BCUT2D eigenvalue weighted by molar-refractivity contribution is 0.103. The van der Waals surface area contributed by atoms with Crippen LogP contribution in [0.1, 0.15) is 33.5 Å². The molecule has 21 heavy (non-hydrogen) atoms. The molecule has 1 heterocycles. The molecule has 0 bridgehead atoms. The maximum atomic E-state index is 12.2. The molecule has 0 saturated carbocycles. The lowest BCUT2D eigenvalue weighted by atomic mass is 10.1. The third-order valence-electron chi connectivity index (χ3n) is 2.87. The van der Waals surface area contributed by atoms with E-state index in [1.165, 1.54) is 16.2 Å². The summed E-state index contributed by atoms with van der Waals surface area (Å²) in [6.07, 6.45) is 1.36. The Hall–Kier alpha value is -2.09. The van der Waals surface area contributed by atoms with Gasteiger partial charge in [0.25, 0.3) is 5.91 Å². The summed E-state index contributed by atoms with van der Waals surface area (Å²) in [6, 6.07) is 11.2. The van der Waals surface area contributed by atoms with E-state index < -0.39 is 0 Å². The summed E-state index contributed by atoms with van der Waals surface area (Å²) in [5.41, 5.74) is 1.45. The quantitative estimate of drug-likeness (QED) is 0.851. The minimum atomic E-state index is -0.115. The fourth-order valence-corrected chi connectivity index (χ4v) is 2.63. The highest BCUT2D eigenvalue weighted by Crippen LogP contribution is 2.20. The maximum Gasteiger partial charge on any atom is 0.265 e. The van der Waals surface area contributed by atoms with Gasteiger partial charge in [0.2, 0.25) is 0 Å². The van der Waals surface area contributed by atoms with Crippen LogP contribution in [0.3, 0.4) is 0 Å². The second kappa shape index (κ2) is 7.63. The van der Waals surface area contributed by atoms with Crippen LogP contribution in [0, 0.1) is 11.8 Å². The van der Waals surface area contributed by atoms with E-state index in [4.69, 9.17) is 5.11 Å². The Bertz CT molecular complexity index is 679. The summed E-state index contributed by atoms with van der Waals surface area (Å²) in [6.45, 7) is 2.11. The van der Waals surface area contributed by atoms with E-state index in [9.17, 15) is 4.79 Å². The zero-order valence-electron chi connectivity index (χ0n) is 11.8. The Balaban J connectivity index is 2.16. The summed E-state index contributed by atoms with van der Waals surface area (Å²) in [7, 11) is 0. The Labute approximate surface area is 128 Å². The molecule has 0 saturated heterocycles. The van der Waals surface area contributed by atoms with Gasteiger partial charge in [-0.2, -0.15) is 0 Å². The number of carbonyl (C=O) groups is 1. The van der Waals surface area contributed by atoms with Crippen LogP contribution >= 0.6 is 11.3 Å². The second-order valence-electron chi connectivity index (χ2n) is 4.39. The van der Waals surface area contributed by atoms with E-state index in [0.717, 1.165) is 12.0 Å². The number of amides is 1. The number of nitrogens with one attached hydrogen (secondary N) is 1. The number of benzene rings is 1. The summed E-state index contributed by atoms with van der Waals surface area (Å²) in [5, 5.41) is 11.7. The molecule has 0 aliphatic carbocycles. The molecule has 0 spiro atoms. The molecule has 0 unspecified atom stereocenters. The lowest BCUT2D eigenvalue weighted by Gasteiger charge is -2.06. The molecule has 1 amide bonds. The highest BCUT2D eigenvalue weighted by molar-refractivity contribution is 7.14. The van der Waals surface area contributed by atoms with E-state index in [2.05, 4.69) is 24.1 Å². The van der Waals surface area contributed by atoms with Crippen molar-refractivity contribution < 1.29 is 9.90 Å². The Morgan fingerprint density at radius 1 is 1.29 bits per heavy atom. The number of aliphatic hydroxyl groups is 1. The van der Waals surface area contributed by atoms with E-state index in [0.29, 0.717) is 17.0 Å². The van der Waals surface area contributed by atoms with Crippen LogP contribution in [0.15, 0.2) is 36.4 Å². The van der Waals surface area contributed by atoms with Gasteiger partial charge in [0.05, 0.1) is 17.2 Å². The number of thiophene rings is 1. The van der Waals surface area contributed by atoms with Crippen molar-refractivity contribution in [1.29, 1.82) is 0 Å². The highest BCUT2D eigenvalue weighted by atomic mass is 32.1. The first-order chi connectivity index (χ1) is 10.2. The zero-order valence-corrected chi connectivity index (χ0v) is 12.7. The number of aliphatic hydroxyl groups excluding tert-OH is 1. The van der Waals surface area contributed by atoms with Crippen LogP contribution in [-0.4, -0.2) is 17.6 Å². The second-order valence-corrected chi connectivity index (χ2v) is 5.56. The fourth-order valence-electron chi connectivity index (χ4n) is 1.79. The van der Waals surface area contributed by atoms with Crippen LogP contribution in [0.2, 0.25) is 0 Å². The molecule has 2 aromatic rings. The van der Waals surface area contributed by atoms with Crippen molar-refractivity contribution in [3.8, 4) is 11.8 Å². The van der Waals surface area contributed by atoms with Crippen LogP contribution in [-0.2, 0) is 6.42 Å². The van der Waals surface area contributed by atoms with E-state index in [1.54, 1.807) is 0 Å². The van der Waals surface area contributed by atoms with Crippen molar-refractivity contribution in [2.75, 3.05) is 11.9 Å². The van der Waals surface area contributed by atoms with E-state index >= 15 is 0 Å². The van der Waals surface area contributed by atoms with Crippen LogP contribution < -0.4 is 5.32 Å². The molecular weight excluding hydrogens is 282 g/mol. The molecule has 2 rings (SSSR count). The number of para-hydroxylation sites is 1. The number of rotatable bonds is 4. The van der Waals surface area contributed by atoms with Crippen molar-refractivity contribution in [3.63, 3.8) is 0 Å². The predicted molar refractivity (Wildman–Crippen MR) is 86.7 cm³/mol. The average Bonchev–Trinajstić information content (AvgIpc) is 2.98. The summed E-state index contributed by atoms with van der Waals surface area (Å²) >= 11 is 1.51. The molecule has 1 aromatic carbocycles. The van der Waals surface area contributed by atoms with Gasteiger partial charge in [-0.3, -0.25) is 4.79 Å². The first-order valence-electron chi connectivity index (χ1n) is 6.83. The van der Waals surface area contributed by atoms with Gasteiger partial charge in [0, 0.05) is 16.9 Å². The average molecular weight is 299 g/mol. The highest BCUT2D eigenvalue weighted by Gasteiger charge is 2.10. The molecule has 0 aliphatic heterocycles. The Kier molecular flexibility index (Phi) is 5.56.